The largest absolute Gasteiger partial charge is 0.354 e. The predicted octanol–water partition coefficient (Wildman–Crippen LogP) is 1.76. The van der Waals surface area contributed by atoms with E-state index in [1.165, 1.54) is 6.33 Å². The average molecular weight is 252 g/mol. The molecule has 1 atom stereocenters. The van der Waals surface area contributed by atoms with Gasteiger partial charge in [0.15, 0.2) is 11.6 Å². The van der Waals surface area contributed by atoms with Crippen LogP contribution >= 0.6 is 0 Å². The van der Waals surface area contributed by atoms with Gasteiger partial charge in [0.05, 0.1) is 5.69 Å². The van der Waals surface area contributed by atoms with Crippen molar-refractivity contribution >= 4 is 5.82 Å². The molecule has 0 aliphatic carbocycles. The highest BCUT2D eigenvalue weighted by molar-refractivity contribution is 5.41. The number of aryl methyl sites for hydroxylation is 1. The lowest BCUT2D eigenvalue weighted by Gasteiger charge is -2.28. The summed E-state index contributed by atoms with van der Waals surface area (Å²) < 4.78 is 14.2. The van der Waals surface area contributed by atoms with Gasteiger partial charge < -0.3 is 10.2 Å². The molecule has 1 saturated heterocycles. The Labute approximate surface area is 108 Å². The molecule has 18 heavy (non-hydrogen) atoms. The third kappa shape index (κ3) is 2.77. The maximum absolute atomic E-state index is 14.2. The first kappa shape index (κ1) is 13.2. The molecular formula is C13H21FN4. The van der Waals surface area contributed by atoms with Crippen LogP contribution in [0.5, 0.6) is 0 Å². The second kappa shape index (κ2) is 6.09. The maximum Gasteiger partial charge on any atom is 0.187 e. The molecule has 0 aromatic carbocycles. The molecule has 0 spiro atoms. The Hall–Kier alpha value is -1.23. The number of aromatic nitrogens is 2. The van der Waals surface area contributed by atoms with Gasteiger partial charge in [-0.1, -0.05) is 6.92 Å². The van der Waals surface area contributed by atoms with Crippen LogP contribution in [-0.2, 0) is 6.42 Å². The highest BCUT2D eigenvalue weighted by Crippen LogP contribution is 2.22. The molecule has 5 heteroatoms. The van der Waals surface area contributed by atoms with Gasteiger partial charge in [-0.15, -0.1) is 0 Å². The van der Waals surface area contributed by atoms with Crippen molar-refractivity contribution in [2.24, 2.45) is 0 Å². The summed E-state index contributed by atoms with van der Waals surface area (Å²) in [6, 6.07) is 0.356. The molecule has 1 aliphatic heterocycles. The first-order chi connectivity index (χ1) is 8.74. The van der Waals surface area contributed by atoms with Crippen molar-refractivity contribution < 1.29 is 4.39 Å². The number of hydrogen-bond acceptors (Lipinski definition) is 4. The Kier molecular flexibility index (Phi) is 4.47. The number of rotatable bonds is 3. The first-order valence-corrected chi connectivity index (χ1v) is 6.67. The van der Waals surface area contributed by atoms with E-state index in [2.05, 4.69) is 15.3 Å². The van der Waals surface area contributed by atoms with Crippen molar-refractivity contribution in [1.29, 1.82) is 0 Å². The van der Waals surface area contributed by atoms with E-state index in [9.17, 15) is 4.39 Å². The normalized spacial score (nSPS) is 20.5. The quantitative estimate of drug-likeness (QED) is 0.890. The standard InChI is InChI=1S/C13H21FN4/c1-3-11-12(14)13(17-9-16-11)18(2)10-5-4-7-15-8-6-10/h9-10,15H,3-8H2,1-2H3. The summed E-state index contributed by atoms with van der Waals surface area (Å²) in [7, 11) is 1.93. The van der Waals surface area contributed by atoms with Crippen LogP contribution in [0.4, 0.5) is 10.2 Å². The molecule has 0 radical (unpaired) electrons. The smallest absolute Gasteiger partial charge is 0.187 e. The molecule has 1 unspecified atom stereocenters. The summed E-state index contributed by atoms with van der Waals surface area (Å²) in [5.41, 5.74) is 0.499. The second-order valence-corrected chi connectivity index (χ2v) is 4.76. The minimum atomic E-state index is -0.264. The van der Waals surface area contributed by atoms with E-state index in [0.29, 0.717) is 24.0 Å². The van der Waals surface area contributed by atoms with Gasteiger partial charge in [-0.25, -0.2) is 14.4 Å². The fourth-order valence-electron chi connectivity index (χ4n) is 2.45. The number of nitrogens with zero attached hydrogens (tertiary/aromatic N) is 3. The van der Waals surface area contributed by atoms with Gasteiger partial charge in [-0.2, -0.15) is 0 Å². The molecule has 1 aliphatic rings. The van der Waals surface area contributed by atoms with Gasteiger partial charge >= 0.3 is 0 Å². The highest BCUT2D eigenvalue weighted by atomic mass is 19.1. The Bertz CT molecular complexity index is 389. The van der Waals surface area contributed by atoms with Crippen molar-refractivity contribution in [3.8, 4) is 0 Å². The molecule has 1 fully saturated rings. The van der Waals surface area contributed by atoms with Crippen LogP contribution in [0.3, 0.4) is 0 Å². The Balaban J connectivity index is 2.19. The van der Waals surface area contributed by atoms with E-state index in [0.717, 1.165) is 32.4 Å². The molecular weight excluding hydrogens is 231 g/mol. The zero-order valence-electron chi connectivity index (χ0n) is 11.1. The third-order valence-corrected chi connectivity index (χ3v) is 3.61. The van der Waals surface area contributed by atoms with Crippen molar-refractivity contribution in [3.63, 3.8) is 0 Å². The second-order valence-electron chi connectivity index (χ2n) is 4.76. The van der Waals surface area contributed by atoms with Crippen molar-refractivity contribution in [2.45, 2.75) is 38.6 Å². The average Bonchev–Trinajstić information content (AvgIpc) is 2.67. The van der Waals surface area contributed by atoms with E-state index < -0.39 is 0 Å². The number of hydrogen-bond donors (Lipinski definition) is 1. The van der Waals surface area contributed by atoms with E-state index in [1.807, 2.05) is 18.9 Å². The summed E-state index contributed by atoms with van der Waals surface area (Å²) in [4.78, 5) is 10.1. The van der Waals surface area contributed by atoms with Gasteiger partial charge in [-0.05, 0) is 38.8 Å². The Morgan fingerprint density at radius 2 is 2.22 bits per heavy atom. The summed E-state index contributed by atoms with van der Waals surface area (Å²) in [5.74, 6) is 0.174. The van der Waals surface area contributed by atoms with E-state index in [1.54, 1.807) is 0 Å². The molecule has 100 valence electrons. The highest BCUT2D eigenvalue weighted by Gasteiger charge is 2.21. The number of anilines is 1. The van der Waals surface area contributed by atoms with Crippen LogP contribution in [-0.4, -0.2) is 36.1 Å². The molecule has 1 aromatic heterocycles. The minimum absolute atomic E-state index is 0.264. The lowest BCUT2D eigenvalue weighted by molar-refractivity contribution is 0.533. The topological polar surface area (TPSA) is 41.1 Å². The molecule has 0 amide bonds. The SMILES string of the molecule is CCc1ncnc(N(C)C2CCCNCC2)c1F. The first-order valence-electron chi connectivity index (χ1n) is 6.67. The van der Waals surface area contributed by atoms with E-state index in [4.69, 9.17) is 0 Å². The van der Waals surface area contributed by atoms with E-state index in [-0.39, 0.29) is 5.82 Å². The van der Waals surface area contributed by atoms with Gasteiger partial charge in [0.1, 0.15) is 6.33 Å². The Morgan fingerprint density at radius 1 is 1.39 bits per heavy atom. The van der Waals surface area contributed by atoms with Crippen molar-refractivity contribution in [3.05, 3.63) is 17.8 Å². The molecule has 1 aromatic rings. The molecule has 0 bridgehead atoms. The van der Waals surface area contributed by atoms with Crippen LogP contribution in [0.25, 0.3) is 0 Å². The van der Waals surface area contributed by atoms with Crippen LogP contribution in [0.1, 0.15) is 31.9 Å². The van der Waals surface area contributed by atoms with Crippen LogP contribution in [0.15, 0.2) is 6.33 Å². The molecule has 2 heterocycles. The predicted molar refractivity (Wildman–Crippen MR) is 70.3 cm³/mol. The van der Waals surface area contributed by atoms with Crippen molar-refractivity contribution in [2.75, 3.05) is 25.0 Å². The van der Waals surface area contributed by atoms with E-state index >= 15 is 0 Å². The van der Waals surface area contributed by atoms with Crippen LogP contribution in [0.2, 0.25) is 0 Å². The fraction of sp³-hybridized carbons (Fsp3) is 0.692. The zero-order chi connectivity index (χ0) is 13.0. The van der Waals surface area contributed by atoms with Crippen LogP contribution < -0.4 is 10.2 Å². The lowest BCUT2D eigenvalue weighted by atomic mass is 10.1. The van der Waals surface area contributed by atoms with Gasteiger partial charge in [0.25, 0.3) is 0 Å². The lowest BCUT2D eigenvalue weighted by Crippen LogP contribution is -2.34. The zero-order valence-corrected chi connectivity index (χ0v) is 11.1. The van der Waals surface area contributed by atoms with Gasteiger partial charge in [0.2, 0.25) is 0 Å². The number of halogens is 1. The minimum Gasteiger partial charge on any atom is -0.354 e. The van der Waals surface area contributed by atoms with Gasteiger partial charge in [-0.3, -0.25) is 0 Å². The summed E-state index contributed by atoms with van der Waals surface area (Å²) in [5, 5.41) is 3.37. The fourth-order valence-corrected chi connectivity index (χ4v) is 2.45. The molecule has 4 nitrogen and oxygen atoms in total. The third-order valence-electron chi connectivity index (χ3n) is 3.61. The Morgan fingerprint density at radius 3 is 3.00 bits per heavy atom. The number of nitrogens with one attached hydrogen (secondary N) is 1. The summed E-state index contributed by atoms with van der Waals surface area (Å²) in [6.07, 6.45) is 5.29. The summed E-state index contributed by atoms with van der Waals surface area (Å²) >= 11 is 0. The maximum atomic E-state index is 14.2. The van der Waals surface area contributed by atoms with Crippen LogP contribution in [0, 0.1) is 5.82 Å². The molecule has 2 rings (SSSR count). The monoisotopic (exact) mass is 252 g/mol. The summed E-state index contributed by atoms with van der Waals surface area (Å²) in [6.45, 7) is 3.95. The van der Waals surface area contributed by atoms with Gasteiger partial charge in [0, 0.05) is 13.1 Å². The molecule has 1 N–H and O–H groups in total. The molecule has 0 saturated carbocycles. The van der Waals surface area contributed by atoms with Crippen molar-refractivity contribution in [1.82, 2.24) is 15.3 Å².